The monoisotopic (exact) mass is 560 g/mol. The van der Waals surface area contributed by atoms with Crippen molar-refractivity contribution >= 4 is 65.5 Å². The van der Waals surface area contributed by atoms with E-state index in [4.69, 9.17) is 0 Å². The first kappa shape index (κ1) is 24.7. The Labute approximate surface area is 255 Å². The molecule has 0 aliphatic heterocycles. The maximum Gasteiger partial charge on any atom is 0.0547 e. The number of anilines is 2. The molecule has 206 valence electrons. The molecule has 44 heavy (non-hydrogen) atoms. The van der Waals surface area contributed by atoms with Crippen molar-refractivity contribution in [3.8, 4) is 16.8 Å². The predicted molar refractivity (Wildman–Crippen MR) is 188 cm³/mol. The fourth-order valence-corrected chi connectivity index (χ4v) is 7.05. The third-order valence-corrected chi connectivity index (χ3v) is 8.95. The van der Waals surface area contributed by atoms with Gasteiger partial charge in [-0.25, -0.2) is 0 Å². The largest absolute Gasteiger partial charge is 0.355 e. The van der Waals surface area contributed by atoms with Gasteiger partial charge in [-0.05, 0) is 68.9 Å². The Hall–Kier alpha value is -5.86. The molecule has 0 fully saturated rings. The molecular weight excluding hydrogens is 532 g/mol. The van der Waals surface area contributed by atoms with Gasteiger partial charge in [0, 0.05) is 33.1 Å². The molecule has 0 radical (unpaired) electrons. The van der Waals surface area contributed by atoms with Crippen molar-refractivity contribution in [1.82, 2.24) is 4.57 Å². The molecular formula is C42H28N2. The third kappa shape index (κ3) is 3.75. The SMILES string of the molecule is c1ccc(-c2ccccc2Nc2ccc3c(c2)c2ccccc2n3-c2cccc3c4ccccc4c4ccccc4c23)cc1. The van der Waals surface area contributed by atoms with Crippen LogP contribution in [0.1, 0.15) is 0 Å². The van der Waals surface area contributed by atoms with Crippen molar-refractivity contribution in [2.24, 2.45) is 0 Å². The predicted octanol–water partition coefficient (Wildman–Crippen LogP) is 11.7. The van der Waals surface area contributed by atoms with E-state index in [9.17, 15) is 0 Å². The second-order valence-corrected chi connectivity index (χ2v) is 11.4. The highest BCUT2D eigenvalue weighted by atomic mass is 15.0. The Balaban J connectivity index is 1.29. The number of nitrogens with one attached hydrogen (secondary N) is 1. The smallest absolute Gasteiger partial charge is 0.0547 e. The van der Waals surface area contributed by atoms with E-state index in [-0.39, 0.29) is 0 Å². The van der Waals surface area contributed by atoms with E-state index < -0.39 is 0 Å². The number of nitrogens with zero attached hydrogens (tertiary/aromatic N) is 1. The number of rotatable bonds is 4. The number of fused-ring (bicyclic) bond motifs is 9. The van der Waals surface area contributed by atoms with Crippen molar-refractivity contribution in [1.29, 1.82) is 0 Å². The highest BCUT2D eigenvalue weighted by Crippen LogP contribution is 2.41. The van der Waals surface area contributed by atoms with E-state index in [0.717, 1.165) is 11.4 Å². The molecule has 1 heterocycles. The molecule has 0 unspecified atom stereocenters. The quantitative estimate of drug-likeness (QED) is 0.212. The van der Waals surface area contributed by atoms with Crippen LogP contribution in [0.5, 0.6) is 0 Å². The van der Waals surface area contributed by atoms with Gasteiger partial charge in [-0.15, -0.1) is 0 Å². The average molecular weight is 561 g/mol. The van der Waals surface area contributed by atoms with E-state index in [0.29, 0.717) is 0 Å². The van der Waals surface area contributed by atoms with Crippen LogP contribution in [0.15, 0.2) is 164 Å². The van der Waals surface area contributed by atoms with Crippen LogP contribution in [0, 0.1) is 0 Å². The van der Waals surface area contributed by atoms with Crippen LogP contribution in [0.3, 0.4) is 0 Å². The zero-order chi connectivity index (χ0) is 29.0. The standard InChI is InChI=1S/C42H28N2/c1-2-13-28(14-3-1)30-15-8-10-22-38(30)43-29-25-26-40-37(27-29)34-19-9-11-23-39(34)44(40)41-24-12-21-36-33-17-5-4-16-31(33)32-18-6-7-20-35(32)42(36)41/h1-27,43H. The molecule has 0 aliphatic carbocycles. The summed E-state index contributed by atoms with van der Waals surface area (Å²) in [5.41, 5.74) is 8.14. The van der Waals surface area contributed by atoms with E-state index >= 15 is 0 Å². The van der Waals surface area contributed by atoms with Gasteiger partial charge < -0.3 is 9.88 Å². The summed E-state index contributed by atoms with van der Waals surface area (Å²) in [6, 6.07) is 59.0. The van der Waals surface area contributed by atoms with Crippen LogP contribution < -0.4 is 5.32 Å². The van der Waals surface area contributed by atoms with Gasteiger partial charge in [0.25, 0.3) is 0 Å². The van der Waals surface area contributed by atoms with E-state index in [2.05, 4.69) is 174 Å². The van der Waals surface area contributed by atoms with Crippen molar-refractivity contribution < 1.29 is 0 Å². The van der Waals surface area contributed by atoms with Gasteiger partial charge in [-0.1, -0.05) is 127 Å². The summed E-state index contributed by atoms with van der Waals surface area (Å²) in [4.78, 5) is 0. The average Bonchev–Trinajstić information content (AvgIpc) is 3.42. The van der Waals surface area contributed by atoms with Crippen LogP contribution in [0.25, 0.3) is 70.9 Å². The molecule has 1 N–H and O–H groups in total. The first-order valence-electron chi connectivity index (χ1n) is 15.1. The fraction of sp³-hybridized carbons (Fsp3) is 0. The first-order valence-corrected chi connectivity index (χ1v) is 15.1. The molecule has 0 saturated heterocycles. The second-order valence-electron chi connectivity index (χ2n) is 11.4. The summed E-state index contributed by atoms with van der Waals surface area (Å²) >= 11 is 0. The summed E-state index contributed by atoms with van der Waals surface area (Å²) in [6.07, 6.45) is 0. The van der Waals surface area contributed by atoms with Gasteiger partial charge in [0.2, 0.25) is 0 Å². The number of benzene rings is 8. The van der Waals surface area contributed by atoms with Gasteiger partial charge >= 0.3 is 0 Å². The van der Waals surface area contributed by atoms with Gasteiger partial charge in [0.05, 0.1) is 16.7 Å². The van der Waals surface area contributed by atoms with Crippen molar-refractivity contribution in [3.63, 3.8) is 0 Å². The number of hydrogen-bond donors (Lipinski definition) is 1. The van der Waals surface area contributed by atoms with Crippen molar-refractivity contribution in [3.05, 3.63) is 164 Å². The van der Waals surface area contributed by atoms with Gasteiger partial charge in [-0.2, -0.15) is 0 Å². The van der Waals surface area contributed by atoms with E-state index in [1.54, 1.807) is 0 Å². The van der Waals surface area contributed by atoms with Gasteiger partial charge in [0.15, 0.2) is 0 Å². The molecule has 9 rings (SSSR count). The molecule has 0 aliphatic rings. The minimum atomic E-state index is 1.07. The molecule has 2 nitrogen and oxygen atoms in total. The minimum absolute atomic E-state index is 1.07. The van der Waals surface area contributed by atoms with Crippen LogP contribution in [0.4, 0.5) is 11.4 Å². The molecule has 0 saturated carbocycles. The Bertz CT molecular complexity index is 2480. The Kier molecular flexibility index (Phi) is 5.54. The lowest BCUT2D eigenvalue weighted by Crippen LogP contribution is -1.97. The van der Waals surface area contributed by atoms with Crippen molar-refractivity contribution in [2.75, 3.05) is 5.32 Å². The lowest BCUT2D eigenvalue weighted by atomic mass is 9.93. The summed E-state index contributed by atoms with van der Waals surface area (Å²) in [5, 5.41) is 13.9. The third-order valence-electron chi connectivity index (χ3n) is 8.95. The highest BCUT2D eigenvalue weighted by Gasteiger charge is 2.18. The molecule has 0 bridgehead atoms. The Morgan fingerprint density at radius 3 is 1.73 bits per heavy atom. The molecule has 2 heteroatoms. The van der Waals surface area contributed by atoms with Crippen LogP contribution in [0.2, 0.25) is 0 Å². The molecule has 9 aromatic rings. The minimum Gasteiger partial charge on any atom is -0.355 e. The molecule has 8 aromatic carbocycles. The van der Waals surface area contributed by atoms with E-state index in [1.807, 2.05) is 0 Å². The van der Waals surface area contributed by atoms with Crippen LogP contribution in [-0.2, 0) is 0 Å². The molecule has 1 aromatic heterocycles. The van der Waals surface area contributed by atoms with Crippen LogP contribution >= 0.6 is 0 Å². The topological polar surface area (TPSA) is 17.0 Å². The zero-order valence-corrected chi connectivity index (χ0v) is 24.0. The number of para-hydroxylation sites is 2. The highest BCUT2D eigenvalue weighted by molar-refractivity contribution is 6.28. The Morgan fingerprint density at radius 1 is 0.386 bits per heavy atom. The molecule has 0 amide bonds. The van der Waals surface area contributed by atoms with Gasteiger partial charge in [-0.3, -0.25) is 0 Å². The zero-order valence-electron chi connectivity index (χ0n) is 24.0. The number of hydrogen-bond acceptors (Lipinski definition) is 1. The van der Waals surface area contributed by atoms with E-state index in [1.165, 1.54) is 70.9 Å². The maximum atomic E-state index is 3.74. The van der Waals surface area contributed by atoms with Crippen LogP contribution in [-0.4, -0.2) is 4.57 Å². The van der Waals surface area contributed by atoms with Gasteiger partial charge in [0.1, 0.15) is 0 Å². The van der Waals surface area contributed by atoms with Crippen molar-refractivity contribution in [2.45, 2.75) is 0 Å². The Morgan fingerprint density at radius 2 is 0.955 bits per heavy atom. The lowest BCUT2D eigenvalue weighted by Gasteiger charge is -2.16. The molecule has 0 spiro atoms. The lowest BCUT2D eigenvalue weighted by molar-refractivity contribution is 1.20. The summed E-state index contributed by atoms with van der Waals surface area (Å²) in [5.74, 6) is 0. The maximum absolute atomic E-state index is 3.74. The normalized spacial score (nSPS) is 11.6. The molecule has 0 atom stereocenters. The number of aromatic nitrogens is 1. The summed E-state index contributed by atoms with van der Waals surface area (Å²) in [6.45, 7) is 0. The summed E-state index contributed by atoms with van der Waals surface area (Å²) < 4.78 is 2.45. The fourth-order valence-electron chi connectivity index (χ4n) is 7.05. The first-order chi connectivity index (χ1) is 21.8. The second kappa shape index (κ2) is 9.86. The summed E-state index contributed by atoms with van der Waals surface area (Å²) in [7, 11) is 0.